The van der Waals surface area contributed by atoms with Crippen molar-refractivity contribution in [2.24, 2.45) is 17.8 Å². The molecule has 1 saturated carbocycles. The highest BCUT2D eigenvalue weighted by atomic mass is 35.5. The van der Waals surface area contributed by atoms with E-state index in [0.717, 1.165) is 11.0 Å². The first-order valence-electron chi connectivity index (χ1n) is 13.6. The van der Waals surface area contributed by atoms with Gasteiger partial charge in [0.05, 0.1) is 11.8 Å². The van der Waals surface area contributed by atoms with Gasteiger partial charge in [-0.05, 0) is 57.7 Å². The van der Waals surface area contributed by atoms with Gasteiger partial charge in [-0.2, -0.15) is 0 Å². The Morgan fingerprint density at radius 2 is 1.44 bits per heavy atom. The van der Waals surface area contributed by atoms with Crippen molar-refractivity contribution in [3.63, 3.8) is 0 Å². The van der Waals surface area contributed by atoms with Gasteiger partial charge in [0, 0.05) is 22.0 Å². The highest BCUT2D eigenvalue weighted by molar-refractivity contribution is 6.58. The molecule has 1 N–H and O–H groups in total. The fourth-order valence-corrected chi connectivity index (χ4v) is 8.44. The molecular weight excluding hydrogens is 670 g/mol. The summed E-state index contributed by atoms with van der Waals surface area (Å²) in [5.74, 6) is -21.9. The van der Waals surface area contributed by atoms with Crippen LogP contribution in [0.25, 0.3) is 0 Å². The largest absolute Gasteiger partial charge is 0.508 e. The third-order valence-corrected chi connectivity index (χ3v) is 10.8. The molecule has 2 aromatic rings. The number of amides is 4. The molecule has 2 aliphatic carbocycles. The summed E-state index contributed by atoms with van der Waals surface area (Å²) in [5, 5.41) is 11.0. The van der Waals surface area contributed by atoms with E-state index in [4.69, 9.17) is 34.8 Å². The van der Waals surface area contributed by atoms with Crippen molar-refractivity contribution in [2.45, 2.75) is 54.8 Å². The van der Waals surface area contributed by atoms with Crippen LogP contribution in [0.1, 0.15) is 45.1 Å². The van der Waals surface area contributed by atoms with Gasteiger partial charge in [0.1, 0.15) is 11.4 Å². The van der Waals surface area contributed by atoms with Crippen LogP contribution in [0, 0.1) is 46.8 Å². The van der Waals surface area contributed by atoms with E-state index in [0.29, 0.717) is 0 Å². The van der Waals surface area contributed by atoms with Gasteiger partial charge >= 0.3 is 0 Å². The quantitative estimate of drug-likeness (QED) is 0.103. The molecule has 2 aromatic carbocycles. The Labute approximate surface area is 267 Å². The van der Waals surface area contributed by atoms with Crippen molar-refractivity contribution < 1.29 is 46.2 Å². The van der Waals surface area contributed by atoms with Gasteiger partial charge in [-0.15, -0.1) is 23.2 Å². The lowest BCUT2D eigenvalue weighted by atomic mass is 9.56. The number of alkyl halides is 2. The first-order chi connectivity index (χ1) is 20.8. The number of fused-ring (bicyclic) bond motifs is 4. The predicted molar refractivity (Wildman–Crippen MR) is 151 cm³/mol. The monoisotopic (exact) mass is 690 g/mol. The summed E-state index contributed by atoms with van der Waals surface area (Å²) < 4.78 is 72.7. The third-order valence-electron chi connectivity index (χ3n) is 9.19. The molecule has 238 valence electrons. The molecule has 2 aliphatic heterocycles. The van der Waals surface area contributed by atoms with Gasteiger partial charge in [-0.3, -0.25) is 24.1 Å². The van der Waals surface area contributed by atoms with Gasteiger partial charge in [0.25, 0.3) is 11.8 Å². The number of imide groups is 2. The van der Waals surface area contributed by atoms with E-state index >= 15 is 8.78 Å². The standard InChI is InChI=1S/C30H22Cl3F5N2O5/c1-28(2,3)40-24(42)12-6-5-11-14(16(12)25(40)43)9-29(32)26(44)39(23-21(37)19(35)18(34)20(36)22(23)38)27(45)30(29,33)17(11)13-8-10(31)4-7-15(13)41/h4-5,7-8,12,14,16-17,41H,6,9H2,1-3H3/t12-,14+,16-,17+,29+,30-/m0/s1. The lowest BCUT2D eigenvalue weighted by molar-refractivity contribution is -0.145. The molecule has 4 aliphatic rings. The Balaban J connectivity index is 1.62. The first kappa shape index (κ1) is 31.7. The molecule has 0 unspecified atom stereocenters. The maximum Gasteiger partial charge on any atom is 0.258 e. The van der Waals surface area contributed by atoms with Gasteiger partial charge in [-0.25, -0.2) is 26.9 Å². The summed E-state index contributed by atoms with van der Waals surface area (Å²) in [5.41, 5.74) is -2.79. The minimum atomic E-state index is -2.75. The highest BCUT2D eigenvalue weighted by Crippen LogP contribution is 2.67. The molecule has 0 aromatic heterocycles. The number of phenols is 1. The Bertz CT molecular complexity index is 1770. The number of anilines is 1. The molecule has 0 spiro atoms. The molecule has 3 fully saturated rings. The van der Waals surface area contributed by atoms with Crippen LogP contribution in [0.2, 0.25) is 5.02 Å². The van der Waals surface area contributed by atoms with Gasteiger partial charge in [-0.1, -0.05) is 23.3 Å². The zero-order valence-electron chi connectivity index (χ0n) is 23.5. The molecule has 45 heavy (non-hydrogen) atoms. The maximum absolute atomic E-state index is 15.1. The van der Waals surface area contributed by atoms with Crippen molar-refractivity contribution in [3.05, 3.63) is 69.5 Å². The van der Waals surface area contributed by atoms with E-state index < -0.39 is 110 Å². The Morgan fingerprint density at radius 1 is 0.867 bits per heavy atom. The van der Waals surface area contributed by atoms with Crippen LogP contribution in [0.3, 0.4) is 0 Å². The van der Waals surface area contributed by atoms with Crippen LogP contribution < -0.4 is 4.90 Å². The van der Waals surface area contributed by atoms with E-state index in [1.807, 2.05) is 0 Å². The lowest BCUT2D eigenvalue weighted by Crippen LogP contribution is -2.60. The molecule has 2 saturated heterocycles. The third kappa shape index (κ3) is 3.94. The van der Waals surface area contributed by atoms with E-state index in [-0.39, 0.29) is 27.5 Å². The second-order valence-electron chi connectivity index (χ2n) is 12.6. The van der Waals surface area contributed by atoms with Crippen LogP contribution in [-0.2, 0) is 19.2 Å². The molecule has 6 atom stereocenters. The molecule has 4 amide bonds. The maximum atomic E-state index is 15.1. The number of nitrogens with zero attached hydrogens (tertiary/aromatic N) is 2. The Hall–Kier alpha value is -3.22. The fraction of sp³-hybridized carbons (Fsp3) is 0.400. The molecule has 0 bridgehead atoms. The van der Waals surface area contributed by atoms with Gasteiger partial charge < -0.3 is 5.11 Å². The second-order valence-corrected chi connectivity index (χ2v) is 14.3. The number of rotatable bonds is 2. The summed E-state index contributed by atoms with van der Waals surface area (Å²) in [4.78, 5) is 51.0. The zero-order valence-corrected chi connectivity index (χ0v) is 25.8. The first-order valence-corrected chi connectivity index (χ1v) is 14.8. The summed E-state index contributed by atoms with van der Waals surface area (Å²) >= 11 is 20.3. The van der Waals surface area contributed by atoms with Crippen LogP contribution in [-0.4, -0.2) is 48.9 Å². The highest BCUT2D eigenvalue weighted by Gasteiger charge is 2.77. The average molecular weight is 692 g/mol. The minimum absolute atomic E-state index is 0.0166. The SMILES string of the molecule is CC(C)(C)N1C(=O)[C@H]2[C@H](CC=C3[C@H]2C[C@@]2(Cl)C(=O)N(c4c(F)c(F)c(F)c(F)c4F)C(=O)[C@@]2(Cl)[C@H]3c2cc(Cl)ccc2O)C1=O. The van der Waals surface area contributed by atoms with Gasteiger partial charge in [0.2, 0.25) is 17.6 Å². The number of aromatic hydroxyl groups is 1. The normalized spacial score (nSPS) is 31.3. The van der Waals surface area contributed by atoms with E-state index in [1.165, 1.54) is 18.2 Å². The smallest absolute Gasteiger partial charge is 0.258 e. The topological polar surface area (TPSA) is 95.0 Å². The van der Waals surface area contributed by atoms with Crippen molar-refractivity contribution in [1.29, 1.82) is 0 Å². The number of likely N-dealkylation sites (tertiary alicyclic amines) is 1. The lowest BCUT2D eigenvalue weighted by Gasteiger charge is -2.50. The van der Waals surface area contributed by atoms with Gasteiger partial charge in [0.15, 0.2) is 33.0 Å². The van der Waals surface area contributed by atoms with E-state index in [2.05, 4.69) is 0 Å². The van der Waals surface area contributed by atoms with Crippen molar-refractivity contribution in [2.75, 3.05) is 4.90 Å². The van der Waals surface area contributed by atoms with E-state index in [1.54, 1.807) is 20.8 Å². The van der Waals surface area contributed by atoms with Crippen LogP contribution in [0.5, 0.6) is 5.75 Å². The number of allylic oxidation sites excluding steroid dienone is 2. The second kappa shape index (κ2) is 9.89. The molecule has 0 radical (unpaired) electrons. The Kier molecular flexibility index (Phi) is 6.98. The molecule has 7 nitrogen and oxygen atoms in total. The van der Waals surface area contributed by atoms with Crippen molar-refractivity contribution >= 4 is 64.1 Å². The number of hydrogen-bond donors (Lipinski definition) is 1. The summed E-state index contributed by atoms with van der Waals surface area (Å²) in [6.45, 7) is 4.95. The molecule has 6 rings (SSSR count). The van der Waals surface area contributed by atoms with Crippen LogP contribution >= 0.6 is 34.8 Å². The Morgan fingerprint density at radius 3 is 2.02 bits per heavy atom. The van der Waals surface area contributed by atoms with Crippen LogP contribution in [0.15, 0.2) is 29.8 Å². The van der Waals surface area contributed by atoms with Crippen molar-refractivity contribution in [3.8, 4) is 5.75 Å². The summed E-state index contributed by atoms with van der Waals surface area (Å²) in [7, 11) is 0. The fourth-order valence-electron chi connectivity index (χ4n) is 7.33. The zero-order chi connectivity index (χ0) is 33.3. The summed E-state index contributed by atoms with van der Waals surface area (Å²) in [6.07, 6.45) is 0.876. The number of carbonyl (C=O) groups excluding carboxylic acids is 4. The number of hydrogen-bond acceptors (Lipinski definition) is 5. The van der Waals surface area contributed by atoms with E-state index in [9.17, 15) is 37.5 Å². The predicted octanol–water partition coefficient (Wildman–Crippen LogP) is 6.10. The van der Waals surface area contributed by atoms with Crippen LogP contribution in [0.4, 0.5) is 27.6 Å². The average Bonchev–Trinajstić information content (AvgIpc) is 3.31. The van der Waals surface area contributed by atoms with Crippen molar-refractivity contribution in [1.82, 2.24) is 4.90 Å². The molecule has 15 heteroatoms. The molecule has 2 heterocycles. The number of phenolic OH excluding ortho intramolecular Hbond substituents is 1. The number of halogens is 8. The minimum Gasteiger partial charge on any atom is -0.508 e. The summed E-state index contributed by atoms with van der Waals surface area (Å²) in [6, 6.07) is 3.66. The number of carbonyl (C=O) groups is 4. The number of benzene rings is 2. The molecular formula is C30H22Cl3F5N2O5.